The summed E-state index contributed by atoms with van der Waals surface area (Å²) in [5.41, 5.74) is 1.71. The fourth-order valence-electron chi connectivity index (χ4n) is 3.00. The molecule has 0 fully saturated rings. The first kappa shape index (κ1) is 19.5. The van der Waals surface area contributed by atoms with E-state index in [2.05, 4.69) is 5.32 Å². The van der Waals surface area contributed by atoms with E-state index < -0.39 is 10.9 Å². The summed E-state index contributed by atoms with van der Waals surface area (Å²) in [4.78, 5) is 23.2. The van der Waals surface area contributed by atoms with Gasteiger partial charge in [0.2, 0.25) is 0 Å². The van der Waals surface area contributed by atoms with E-state index >= 15 is 0 Å². The van der Waals surface area contributed by atoms with Crippen LogP contribution in [0.1, 0.15) is 17.4 Å². The van der Waals surface area contributed by atoms with E-state index in [1.165, 1.54) is 17.7 Å². The first-order chi connectivity index (χ1) is 13.4. The molecule has 0 saturated carbocycles. The van der Waals surface area contributed by atoms with Crippen molar-refractivity contribution in [2.45, 2.75) is 6.92 Å². The van der Waals surface area contributed by atoms with E-state index in [-0.39, 0.29) is 18.0 Å². The standard InChI is InChI=1S/C19H18ClN3O5/c1-4-28-19(24)16-10-12-14(7-8-15(23(25)26)18(12)22(16)2)21-11-5-6-13(20)17(9-11)27-3/h5-10,21H,4H2,1-3H3. The second kappa shape index (κ2) is 7.77. The molecule has 0 bridgehead atoms. The Hall–Kier alpha value is -3.26. The van der Waals surface area contributed by atoms with Crippen molar-refractivity contribution in [2.24, 2.45) is 7.05 Å². The molecule has 1 N–H and O–H groups in total. The smallest absolute Gasteiger partial charge is 0.354 e. The topological polar surface area (TPSA) is 95.6 Å². The first-order valence-electron chi connectivity index (χ1n) is 8.41. The predicted octanol–water partition coefficient (Wildman–Crippen LogP) is 4.67. The number of carbonyl (C=O) groups is 1. The van der Waals surface area contributed by atoms with Gasteiger partial charge in [-0.15, -0.1) is 0 Å². The van der Waals surface area contributed by atoms with Crippen molar-refractivity contribution >= 4 is 45.5 Å². The number of nitro benzene ring substituents is 1. The molecule has 0 amide bonds. The van der Waals surface area contributed by atoms with Gasteiger partial charge in [-0.25, -0.2) is 4.79 Å². The van der Waals surface area contributed by atoms with E-state index in [4.69, 9.17) is 21.1 Å². The average molecular weight is 404 g/mol. The third kappa shape index (κ3) is 3.46. The monoisotopic (exact) mass is 403 g/mol. The maximum absolute atomic E-state index is 12.2. The van der Waals surface area contributed by atoms with Crippen LogP contribution in [-0.4, -0.2) is 29.2 Å². The lowest BCUT2D eigenvalue weighted by Gasteiger charge is -2.11. The van der Waals surface area contributed by atoms with Crippen LogP contribution < -0.4 is 10.1 Å². The Bertz CT molecular complexity index is 1080. The van der Waals surface area contributed by atoms with Gasteiger partial charge in [0.05, 0.1) is 23.7 Å². The SMILES string of the molecule is CCOC(=O)c1cc2c(Nc3ccc(Cl)c(OC)c3)ccc([N+](=O)[O-])c2n1C. The van der Waals surface area contributed by atoms with Gasteiger partial charge in [-0.3, -0.25) is 10.1 Å². The van der Waals surface area contributed by atoms with Gasteiger partial charge in [0, 0.05) is 35.9 Å². The van der Waals surface area contributed by atoms with Crippen LogP contribution in [-0.2, 0) is 11.8 Å². The number of non-ortho nitro benzene ring substituents is 1. The largest absolute Gasteiger partial charge is 0.495 e. The molecule has 2 aromatic carbocycles. The van der Waals surface area contributed by atoms with E-state index in [0.29, 0.717) is 33.0 Å². The summed E-state index contributed by atoms with van der Waals surface area (Å²) in [5, 5.41) is 15.7. The molecular weight excluding hydrogens is 386 g/mol. The number of anilines is 2. The molecule has 9 heteroatoms. The number of nitro groups is 1. The van der Waals surface area contributed by atoms with Gasteiger partial charge in [-0.05, 0) is 31.2 Å². The zero-order valence-electron chi connectivity index (χ0n) is 15.5. The number of rotatable bonds is 6. The second-order valence-electron chi connectivity index (χ2n) is 5.94. The molecule has 28 heavy (non-hydrogen) atoms. The van der Waals surface area contributed by atoms with Gasteiger partial charge in [0.15, 0.2) is 0 Å². The van der Waals surface area contributed by atoms with Crippen molar-refractivity contribution in [3.8, 4) is 5.75 Å². The third-order valence-corrected chi connectivity index (χ3v) is 4.60. The molecule has 0 spiro atoms. The van der Waals surface area contributed by atoms with Crippen molar-refractivity contribution in [2.75, 3.05) is 19.0 Å². The lowest BCUT2D eigenvalue weighted by molar-refractivity contribution is -0.383. The number of esters is 1. The number of aryl methyl sites for hydroxylation is 1. The quantitative estimate of drug-likeness (QED) is 0.365. The summed E-state index contributed by atoms with van der Waals surface area (Å²) < 4.78 is 11.7. The van der Waals surface area contributed by atoms with E-state index in [9.17, 15) is 14.9 Å². The lowest BCUT2D eigenvalue weighted by atomic mass is 10.1. The summed E-state index contributed by atoms with van der Waals surface area (Å²) in [6, 6.07) is 9.72. The van der Waals surface area contributed by atoms with Crippen LogP contribution in [0.2, 0.25) is 5.02 Å². The number of ether oxygens (including phenoxy) is 2. The number of carbonyl (C=O) groups excluding carboxylic acids is 1. The molecule has 0 aliphatic heterocycles. The van der Waals surface area contributed by atoms with Gasteiger partial charge in [-0.1, -0.05) is 11.6 Å². The fourth-order valence-corrected chi connectivity index (χ4v) is 3.19. The number of halogens is 1. The zero-order chi connectivity index (χ0) is 20.4. The number of benzene rings is 2. The number of hydrogen-bond donors (Lipinski definition) is 1. The number of nitrogens with zero attached hydrogens (tertiary/aromatic N) is 2. The Morgan fingerprint density at radius 2 is 2.04 bits per heavy atom. The molecule has 0 saturated heterocycles. The number of methoxy groups -OCH3 is 1. The Kier molecular flexibility index (Phi) is 5.41. The zero-order valence-corrected chi connectivity index (χ0v) is 16.2. The van der Waals surface area contributed by atoms with Crippen LogP contribution >= 0.6 is 11.6 Å². The fraction of sp³-hybridized carbons (Fsp3) is 0.211. The molecule has 0 atom stereocenters. The predicted molar refractivity (Wildman–Crippen MR) is 107 cm³/mol. The molecule has 0 aliphatic carbocycles. The summed E-state index contributed by atoms with van der Waals surface area (Å²) in [7, 11) is 3.11. The Morgan fingerprint density at radius 3 is 2.68 bits per heavy atom. The van der Waals surface area contributed by atoms with E-state index in [1.807, 2.05) is 0 Å². The second-order valence-corrected chi connectivity index (χ2v) is 6.34. The van der Waals surface area contributed by atoms with Crippen LogP contribution in [0.3, 0.4) is 0 Å². The minimum absolute atomic E-state index is 0.104. The lowest BCUT2D eigenvalue weighted by Crippen LogP contribution is -2.09. The van der Waals surface area contributed by atoms with Crippen molar-refractivity contribution in [1.82, 2.24) is 4.57 Å². The maximum atomic E-state index is 12.2. The van der Waals surface area contributed by atoms with E-state index in [1.54, 1.807) is 44.3 Å². The van der Waals surface area contributed by atoms with Crippen LogP contribution in [0.4, 0.5) is 17.1 Å². The molecule has 1 heterocycles. The number of nitrogens with one attached hydrogen (secondary N) is 1. The number of hydrogen-bond acceptors (Lipinski definition) is 6. The minimum atomic E-state index is -0.547. The Balaban J connectivity index is 2.16. The highest BCUT2D eigenvalue weighted by atomic mass is 35.5. The molecule has 0 aliphatic rings. The molecule has 0 unspecified atom stereocenters. The van der Waals surface area contributed by atoms with Crippen molar-refractivity contribution in [1.29, 1.82) is 0 Å². The van der Waals surface area contributed by atoms with Gasteiger partial charge in [0.1, 0.15) is 17.0 Å². The van der Waals surface area contributed by atoms with Crippen LogP contribution in [0.5, 0.6) is 5.75 Å². The number of fused-ring (bicyclic) bond motifs is 1. The summed E-state index contributed by atoms with van der Waals surface area (Å²) in [6.07, 6.45) is 0. The molecular formula is C19H18ClN3O5. The highest BCUT2D eigenvalue weighted by Gasteiger charge is 2.23. The minimum Gasteiger partial charge on any atom is -0.495 e. The van der Waals surface area contributed by atoms with Crippen LogP contribution in [0.25, 0.3) is 10.9 Å². The molecule has 0 radical (unpaired) electrons. The molecule has 8 nitrogen and oxygen atoms in total. The van der Waals surface area contributed by atoms with Gasteiger partial charge in [-0.2, -0.15) is 0 Å². The van der Waals surface area contributed by atoms with Crippen molar-refractivity contribution in [3.05, 3.63) is 57.2 Å². The third-order valence-electron chi connectivity index (χ3n) is 4.28. The normalized spacial score (nSPS) is 10.7. The van der Waals surface area contributed by atoms with Crippen molar-refractivity contribution in [3.63, 3.8) is 0 Å². The maximum Gasteiger partial charge on any atom is 0.354 e. The average Bonchev–Trinajstić information content (AvgIpc) is 3.01. The number of aromatic nitrogens is 1. The highest BCUT2D eigenvalue weighted by molar-refractivity contribution is 6.32. The van der Waals surface area contributed by atoms with Crippen LogP contribution in [0.15, 0.2) is 36.4 Å². The molecule has 3 aromatic rings. The Morgan fingerprint density at radius 1 is 1.29 bits per heavy atom. The summed E-state index contributed by atoms with van der Waals surface area (Å²) in [5.74, 6) is -0.0558. The van der Waals surface area contributed by atoms with Crippen molar-refractivity contribution < 1.29 is 19.2 Å². The molecule has 3 rings (SSSR count). The summed E-state index contributed by atoms with van der Waals surface area (Å²) >= 11 is 6.06. The Labute approximate surface area is 165 Å². The van der Waals surface area contributed by atoms with Gasteiger partial charge in [0.25, 0.3) is 5.69 Å². The molecule has 146 valence electrons. The highest BCUT2D eigenvalue weighted by Crippen LogP contribution is 2.36. The van der Waals surface area contributed by atoms with E-state index in [0.717, 1.165) is 0 Å². The first-order valence-corrected chi connectivity index (χ1v) is 8.79. The molecule has 1 aromatic heterocycles. The van der Waals surface area contributed by atoms with Gasteiger partial charge >= 0.3 is 5.97 Å². The summed E-state index contributed by atoms with van der Waals surface area (Å²) in [6.45, 7) is 1.90. The van der Waals surface area contributed by atoms with Gasteiger partial charge < -0.3 is 19.4 Å². The van der Waals surface area contributed by atoms with Crippen LogP contribution in [0, 0.1) is 10.1 Å².